The van der Waals surface area contributed by atoms with Crippen LogP contribution in [0.25, 0.3) is 0 Å². The molecule has 1 heterocycles. The fourth-order valence-corrected chi connectivity index (χ4v) is 1.97. The Morgan fingerprint density at radius 1 is 1.40 bits per heavy atom. The zero-order valence-corrected chi connectivity index (χ0v) is 10.6. The molecule has 86 valence electrons. The minimum Gasteiger partial charge on any atom is -0.377 e. The van der Waals surface area contributed by atoms with E-state index in [0.29, 0.717) is 12.1 Å². The van der Waals surface area contributed by atoms with E-state index in [1.807, 2.05) is 0 Å². The van der Waals surface area contributed by atoms with E-state index in [1.54, 1.807) is 11.3 Å². The molecule has 2 nitrogen and oxygen atoms in total. The van der Waals surface area contributed by atoms with Crippen molar-refractivity contribution in [2.75, 3.05) is 13.2 Å². The van der Waals surface area contributed by atoms with Crippen LogP contribution in [0, 0.1) is 0 Å². The zero-order valence-electron chi connectivity index (χ0n) is 9.82. The molecule has 0 amide bonds. The second-order valence-electron chi connectivity index (χ2n) is 4.07. The third kappa shape index (κ3) is 5.92. The number of hydrogen-bond acceptors (Lipinski definition) is 3. The van der Waals surface area contributed by atoms with Gasteiger partial charge < -0.3 is 10.1 Å². The molecule has 0 radical (unpaired) electrons. The molecule has 3 heteroatoms. The Morgan fingerprint density at radius 2 is 2.20 bits per heavy atom. The molecular weight excluding hydrogens is 206 g/mol. The van der Waals surface area contributed by atoms with Crippen molar-refractivity contribution < 1.29 is 4.74 Å². The second-order valence-corrected chi connectivity index (χ2v) is 5.11. The standard InChI is InChI=1S/C12H21NOS/c1-10(2)13-9-11(3)14-7-6-12-5-4-8-15-12/h4-5,8,10-11,13H,6-7,9H2,1-3H3. The van der Waals surface area contributed by atoms with Crippen molar-refractivity contribution in [2.45, 2.75) is 39.3 Å². The van der Waals surface area contributed by atoms with Crippen molar-refractivity contribution in [3.8, 4) is 0 Å². The van der Waals surface area contributed by atoms with Gasteiger partial charge in [0, 0.05) is 23.9 Å². The van der Waals surface area contributed by atoms with Gasteiger partial charge in [-0.25, -0.2) is 0 Å². The lowest BCUT2D eigenvalue weighted by Crippen LogP contribution is -2.32. The minimum atomic E-state index is 0.298. The maximum Gasteiger partial charge on any atom is 0.0671 e. The van der Waals surface area contributed by atoms with Gasteiger partial charge in [-0.2, -0.15) is 0 Å². The van der Waals surface area contributed by atoms with Crippen molar-refractivity contribution in [2.24, 2.45) is 0 Å². The van der Waals surface area contributed by atoms with Gasteiger partial charge in [0.15, 0.2) is 0 Å². The van der Waals surface area contributed by atoms with Crippen molar-refractivity contribution in [3.05, 3.63) is 22.4 Å². The quantitative estimate of drug-likeness (QED) is 0.773. The maximum absolute atomic E-state index is 5.71. The van der Waals surface area contributed by atoms with Crippen LogP contribution in [0.2, 0.25) is 0 Å². The van der Waals surface area contributed by atoms with Gasteiger partial charge in [-0.1, -0.05) is 19.9 Å². The van der Waals surface area contributed by atoms with Crippen LogP contribution >= 0.6 is 11.3 Å². The number of hydrogen-bond donors (Lipinski definition) is 1. The summed E-state index contributed by atoms with van der Waals surface area (Å²) in [6.45, 7) is 8.17. The second kappa shape index (κ2) is 6.99. The average Bonchev–Trinajstić information content (AvgIpc) is 2.67. The summed E-state index contributed by atoms with van der Waals surface area (Å²) in [5.41, 5.74) is 0. The van der Waals surface area contributed by atoms with Gasteiger partial charge in [-0.15, -0.1) is 11.3 Å². The molecule has 0 saturated carbocycles. The first kappa shape index (κ1) is 12.7. The summed E-state index contributed by atoms with van der Waals surface area (Å²) in [7, 11) is 0. The Hall–Kier alpha value is -0.380. The first-order chi connectivity index (χ1) is 7.18. The van der Waals surface area contributed by atoms with Crippen LogP contribution in [-0.2, 0) is 11.2 Å². The Kier molecular flexibility index (Phi) is 5.91. The summed E-state index contributed by atoms with van der Waals surface area (Å²) in [6, 6.07) is 4.78. The highest BCUT2D eigenvalue weighted by atomic mass is 32.1. The molecule has 0 bridgehead atoms. The number of rotatable bonds is 7. The molecule has 0 aliphatic rings. The highest BCUT2D eigenvalue weighted by Crippen LogP contribution is 2.09. The summed E-state index contributed by atoms with van der Waals surface area (Å²) in [5.74, 6) is 0. The largest absolute Gasteiger partial charge is 0.377 e. The van der Waals surface area contributed by atoms with Crippen LogP contribution in [0.5, 0.6) is 0 Å². The van der Waals surface area contributed by atoms with Crippen LogP contribution in [-0.4, -0.2) is 25.3 Å². The topological polar surface area (TPSA) is 21.3 Å². The molecule has 1 atom stereocenters. The monoisotopic (exact) mass is 227 g/mol. The number of ether oxygens (including phenoxy) is 1. The van der Waals surface area contributed by atoms with Crippen LogP contribution in [0.3, 0.4) is 0 Å². The summed E-state index contributed by atoms with van der Waals surface area (Å²) in [6.07, 6.45) is 1.33. The van der Waals surface area contributed by atoms with Gasteiger partial charge in [-0.05, 0) is 18.4 Å². The fraction of sp³-hybridized carbons (Fsp3) is 0.667. The molecule has 0 aliphatic carbocycles. The molecule has 0 aromatic carbocycles. The molecule has 0 fully saturated rings. The molecule has 1 rings (SSSR count). The van der Waals surface area contributed by atoms with E-state index < -0.39 is 0 Å². The summed E-state index contributed by atoms with van der Waals surface area (Å²) in [4.78, 5) is 1.40. The van der Waals surface area contributed by atoms with Gasteiger partial charge in [0.2, 0.25) is 0 Å². The summed E-state index contributed by atoms with van der Waals surface area (Å²) in [5, 5.41) is 5.48. The Bertz CT molecular complexity index is 246. The summed E-state index contributed by atoms with van der Waals surface area (Å²) >= 11 is 1.80. The van der Waals surface area contributed by atoms with Crippen molar-refractivity contribution in [1.29, 1.82) is 0 Å². The van der Waals surface area contributed by atoms with E-state index in [2.05, 4.69) is 43.6 Å². The highest BCUT2D eigenvalue weighted by Gasteiger charge is 2.03. The molecule has 0 aliphatic heterocycles. The van der Waals surface area contributed by atoms with E-state index in [0.717, 1.165) is 19.6 Å². The fourth-order valence-electron chi connectivity index (χ4n) is 1.28. The predicted molar refractivity (Wildman–Crippen MR) is 66.6 cm³/mol. The van der Waals surface area contributed by atoms with E-state index in [-0.39, 0.29) is 0 Å². The molecule has 1 unspecified atom stereocenters. The first-order valence-corrected chi connectivity index (χ1v) is 6.44. The molecule has 1 aromatic heterocycles. The lowest BCUT2D eigenvalue weighted by Gasteiger charge is -2.15. The Labute approximate surface area is 96.7 Å². The van der Waals surface area contributed by atoms with E-state index in [9.17, 15) is 0 Å². The van der Waals surface area contributed by atoms with E-state index in [4.69, 9.17) is 4.74 Å². The smallest absolute Gasteiger partial charge is 0.0671 e. The molecule has 0 saturated heterocycles. The first-order valence-electron chi connectivity index (χ1n) is 5.56. The molecule has 0 spiro atoms. The third-order valence-corrected chi connectivity index (χ3v) is 3.08. The van der Waals surface area contributed by atoms with Crippen molar-refractivity contribution in [3.63, 3.8) is 0 Å². The van der Waals surface area contributed by atoms with Crippen molar-refractivity contribution >= 4 is 11.3 Å². The van der Waals surface area contributed by atoms with Crippen molar-refractivity contribution in [1.82, 2.24) is 5.32 Å². The highest BCUT2D eigenvalue weighted by molar-refractivity contribution is 7.09. The third-order valence-electron chi connectivity index (χ3n) is 2.14. The Balaban J connectivity index is 2.04. The van der Waals surface area contributed by atoms with Gasteiger partial charge in [0.1, 0.15) is 0 Å². The average molecular weight is 227 g/mol. The molecule has 1 N–H and O–H groups in total. The van der Waals surface area contributed by atoms with E-state index in [1.165, 1.54) is 4.88 Å². The van der Waals surface area contributed by atoms with Crippen LogP contribution in [0.1, 0.15) is 25.6 Å². The van der Waals surface area contributed by atoms with E-state index >= 15 is 0 Å². The predicted octanol–water partition coefficient (Wildman–Crippen LogP) is 2.69. The maximum atomic E-state index is 5.71. The zero-order chi connectivity index (χ0) is 11.1. The van der Waals surface area contributed by atoms with Gasteiger partial charge in [0.05, 0.1) is 12.7 Å². The van der Waals surface area contributed by atoms with Gasteiger partial charge in [-0.3, -0.25) is 0 Å². The van der Waals surface area contributed by atoms with Gasteiger partial charge in [0.25, 0.3) is 0 Å². The van der Waals surface area contributed by atoms with Crippen LogP contribution in [0.15, 0.2) is 17.5 Å². The molecular formula is C12H21NOS. The summed E-state index contributed by atoms with van der Waals surface area (Å²) < 4.78 is 5.71. The number of thiophene rings is 1. The SMILES string of the molecule is CC(C)NCC(C)OCCc1cccs1. The Morgan fingerprint density at radius 3 is 2.80 bits per heavy atom. The molecule has 1 aromatic rings. The lowest BCUT2D eigenvalue weighted by atomic mass is 10.3. The van der Waals surface area contributed by atoms with Gasteiger partial charge >= 0.3 is 0 Å². The normalized spacial score (nSPS) is 13.3. The number of nitrogens with one attached hydrogen (secondary N) is 1. The van der Waals surface area contributed by atoms with Crippen LogP contribution in [0.4, 0.5) is 0 Å². The molecule has 15 heavy (non-hydrogen) atoms. The van der Waals surface area contributed by atoms with Crippen LogP contribution < -0.4 is 5.32 Å². The lowest BCUT2D eigenvalue weighted by molar-refractivity contribution is 0.0672. The minimum absolute atomic E-state index is 0.298.